The van der Waals surface area contributed by atoms with Gasteiger partial charge < -0.3 is 14.2 Å². The van der Waals surface area contributed by atoms with Crippen LogP contribution in [0.5, 0.6) is 0 Å². The highest BCUT2D eigenvalue weighted by Crippen LogP contribution is 2.33. The van der Waals surface area contributed by atoms with Gasteiger partial charge in [0.1, 0.15) is 0 Å². The highest BCUT2D eigenvalue weighted by Gasteiger charge is 2.27. The molecule has 0 bridgehead atoms. The number of para-hydroxylation sites is 1. The van der Waals surface area contributed by atoms with Gasteiger partial charge in [-0.05, 0) is 43.2 Å². The fourth-order valence-electron chi connectivity index (χ4n) is 3.92. The van der Waals surface area contributed by atoms with Crippen LogP contribution < -0.4 is 9.70 Å². The fourth-order valence-corrected chi connectivity index (χ4v) is 5.12. The average molecular weight is 414 g/mol. The van der Waals surface area contributed by atoms with E-state index in [0.717, 1.165) is 36.0 Å². The molecule has 1 aromatic carbocycles. The van der Waals surface area contributed by atoms with E-state index in [4.69, 9.17) is 4.74 Å². The smallest absolute Gasteiger partial charge is 0.281 e. The average Bonchev–Trinajstić information content (AvgIpc) is 3.47. The summed E-state index contributed by atoms with van der Waals surface area (Å²) < 4.78 is 7.75. The number of ether oxygens (including phenoxy) is 1. The van der Waals surface area contributed by atoms with Gasteiger partial charge in [-0.15, -0.1) is 11.3 Å². The Hall–Kier alpha value is -1.92. The second-order valence-electron chi connectivity index (χ2n) is 9.14. The van der Waals surface area contributed by atoms with E-state index in [1.807, 2.05) is 24.3 Å². The maximum Gasteiger partial charge on any atom is 0.281 e. The third-order valence-corrected chi connectivity index (χ3v) is 7.27. The van der Waals surface area contributed by atoms with E-state index in [9.17, 15) is 4.79 Å². The molecule has 2 fully saturated rings. The Bertz CT molecular complexity index is 957. The van der Waals surface area contributed by atoms with E-state index >= 15 is 0 Å². The summed E-state index contributed by atoms with van der Waals surface area (Å²) in [6.45, 7) is 12.8. The SMILES string of the molecule is Cc1c(C(C)(C)C)sc(=NC(=O)c2ccccc2N2CCOCC2)n1CC1CC1. The lowest BCUT2D eigenvalue weighted by atomic mass is 9.93. The van der Waals surface area contributed by atoms with Crippen LogP contribution in [-0.4, -0.2) is 36.8 Å². The van der Waals surface area contributed by atoms with Gasteiger partial charge in [-0.25, -0.2) is 0 Å². The van der Waals surface area contributed by atoms with Gasteiger partial charge in [0.05, 0.1) is 18.8 Å². The van der Waals surface area contributed by atoms with Crippen LogP contribution >= 0.6 is 11.3 Å². The number of rotatable bonds is 4. The van der Waals surface area contributed by atoms with Crippen molar-refractivity contribution in [3.8, 4) is 0 Å². The normalized spacial score (nSPS) is 18.3. The van der Waals surface area contributed by atoms with Crippen LogP contribution in [0.15, 0.2) is 29.3 Å². The molecule has 6 heteroatoms. The summed E-state index contributed by atoms with van der Waals surface area (Å²) in [5.74, 6) is 0.573. The Morgan fingerprint density at radius 2 is 1.90 bits per heavy atom. The van der Waals surface area contributed by atoms with Gasteiger partial charge in [-0.3, -0.25) is 4.79 Å². The van der Waals surface area contributed by atoms with Gasteiger partial charge in [-0.1, -0.05) is 32.9 Å². The van der Waals surface area contributed by atoms with Crippen molar-refractivity contribution in [2.45, 2.75) is 52.5 Å². The van der Waals surface area contributed by atoms with Crippen molar-refractivity contribution in [3.05, 3.63) is 45.2 Å². The van der Waals surface area contributed by atoms with Crippen LogP contribution in [0.25, 0.3) is 0 Å². The first kappa shape index (κ1) is 20.4. The molecule has 4 rings (SSSR count). The molecule has 0 spiro atoms. The van der Waals surface area contributed by atoms with Gasteiger partial charge in [0, 0.05) is 35.9 Å². The number of hydrogen-bond acceptors (Lipinski definition) is 4. The molecule has 1 aliphatic heterocycles. The lowest BCUT2D eigenvalue weighted by Gasteiger charge is -2.29. The lowest BCUT2D eigenvalue weighted by molar-refractivity contribution is 0.0996. The van der Waals surface area contributed by atoms with Crippen molar-refractivity contribution in [3.63, 3.8) is 0 Å². The highest BCUT2D eigenvalue weighted by atomic mass is 32.1. The number of aromatic nitrogens is 1. The van der Waals surface area contributed by atoms with Gasteiger partial charge in [0.2, 0.25) is 0 Å². The van der Waals surface area contributed by atoms with Crippen molar-refractivity contribution < 1.29 is 9.53 Å². The molecule has 0 radical (unpaired) electrons. The van der Waals surface area contributed by atoms with Crippen LogP contribution in [0.1, 0.15) is 54.5 Å². The monoisotopic (exact) mass is 413 g/mol. The van der Waals surface area contributed by atoms with E-state index in [1.165, 1.54) is 23.4 Å². The maximum atomic E-state index is 13.3. The number of amides is 1. The number of hydrogen-bond donors (Lipinski definition) is 0. The minimum Gasteiger partial charge on any atom is -0.378 e. The van der Waals surface area contributed by atoms with Gasteiger partial charge >= 0.3 is 0 Å². The number of thiazole rings is 1. The third-order valence-electron chi connectivity index (χ3n) is 5.66. The molecule has 156 valence electrons. The molecule has 1 amide bonds. The van der Waals surface area contributed by atoms with Crippen LogP contribution in [0.2, 0.25) is 0 Å². The summed E-state index contributed by atoms with van der Waals surface area (Å²) in [5, 5.41) is 0. The molecule has 1 saturated carbocycles. The van der Waals surface area contributed by atoms with Crippen LogP contribution in [0.4, 0.5) is 5.69 Å². The first-order chi connectivity index (χ1) is 13.8. The van der Waals surface area contributed by atoms with Crippen molar-refractivity contribution in [1.29, 1.82) is 0 Å². The van der Waals surface area contributed by atoms with E-state index in [0.29, 0.717) is 18.8 Å². The Kier molecular flexibility index (Phi) is 5.67. The second-order valence-corrected chi connectivity index (χ2v) is 10.1. The predicted molar refractivity (Wildman–Crippen MR) is 118 cm³/mol. The van der Waals surface area contributed by atoms with Crippen molar-refractivity contribution in [1.82, 2.24) is 4.57 Å². The number of benzene rings is 1. The van der Waals surface area contributed by atoms with Crippen LogP contribution in [0, 0.1) is 12.8 Å². The molecular weight excluding hydrogens is 382 g/mol. The molecule has 1 aliphatic carbocycles. The summed E-state index contributed by atoms with van der Waals surface area (Å²) in [6, 6.07) is 7.83. The molecule has 2 heterocycles. The summed E-state index contributed by atoms with van der Waals surface area (Å²) in [7, 11) is 0. The Morgan fingerprint density at radius 1 is 1.21 bits per heavy atom. The summed E-state index contributed by atoms with van der Waals surface area (Å²) in [5.41, 5.74) is 2.93. The fraction of sp³-hybridized carbons (Fsp3) is 0.565. The number of carbonyl (C=O) groups excluding carboxylic acids is 1. The van der Waals surface area contributed by atoms with E-state index in [1.54, 1.807) is 11.3 Å². The molecule has 0 atom stereocenters. The summed E-state index contributed by atoms with van der Waals surface area (Å²) in [6.07, 6.45) is 2.56. The zero-order valence-electron chi connectivity index (χ0n) is 17.9. The quantitative estimate of drug-likeness (QED) is 0.757. The van der Waals surface area contributed by atoms with Gasteiger partial charge in [0.25, 0.3) is 5.91 Å². The van der Waals surface area contributed by atoms with Crippen LogP contribution in [-0.2, 0) is 16.7 Å². The molecular formula is C23H31N3O2S. The van der Waals surface area contributed by atoms with Gasteiger partial charge in [-0.2, -0.15) is 4.99 Å². The number of anilines is 1. The third kappa shape index (κ3) is 4.48. The van der Waals surface area contributed by atoms with Crippen LogP contribution in [0.3, 0.4) is 0 Å². The van der Waals surface area contributed by atoms with Crippen molar-refractivity contribution >= 4 is 22.9 Å². The molecule has 2 aromatic rings. The minimum atomic E-state index is -0.154. The highest BCUT2D eigenvalue weighted by molar-refractivity contribution is 7.09. The Morgan fingerprint density at radius 3 is 2.55 bits per heavy atom. The van der Waals surface area contributed by atoms with E-state index in [2.05, 4.69) is 42.2 Å². The molecule has 0 N–H and O–H groups in total. The largest absolute Gasteiger partial charge is 0.378 e. The molecule has 0 unspecified atom stereocenters. The zero-order valence-corrected chi connectivity index (χ0v) is 18.7. The second kappa shape index (κ2) is 8.07. The topological polar surface area (TPSA) is 46.8 Å². The number of morpholine rings is 1. The van der Waals surface area contributed by atoms with Crippen molar-refractivity contribution in [2.24, 2.45) is 10.9 Å². The van der Waals surface area contributed by atoms with Gasteiger partial charge in [0.15, 0.2) is 4.80 Å². The van der Waals surface area contributed by atoms with Crippen molar-refractivity contribution in [2.75, 3.05) is 31.2 Å². The molecule has 29 heavy (non-hydrogen) atoms. The van der Waals surface area contributed by atoms with E-state index in [-0.39, 0.29) is 11.3 Å². The molecule has 1 aromatic heterocycles. The summed E-state index contributed by atoms with van der Waals surface area (Å²) >= 11 is 1.67. The molecule has 5 nitrogen and oxygen atoms in total. The minimum absolute atomic E-state index is 0.0442. The predicted octanol–water partition coefficient (Wildman–Crippen LogP) is 4.14. The first-order valence-corrected chi connectivity index (χ1v) is 11.4. The standard InChI is InChI=1S/C23H31N3O2S/c1-16-20(23(2,3)4)29-22(26(16)15-17-9-10-17)24-21(27)18-7-5-6-8-19(18)25-11-13-28-14-12-25/h5-8,17H,9-15H2,1-4H3. The molecule has 2 aliphatic rings. The number of nitrogens with zero attached hydrogens (tertiary/aromatic N) is 3. The van der Waals surface area contributed by atoms with E-state index < -0.39 is 0 Å². The number of carbonyl (C=O) groups is 1. The first-order valence-electron chi connectivity index (χ1n) is 10.6. The Balaban J connectivity index is 1.74. The lowest BCUT2D eigenvalue weighted by Crippen LogP contribution is -2.37. The summed E-state index contributed by atoms with van der Waals surface area (Å²) in [4.78, 5) is 22.3. The Labute approximate surface area is 177 Å². The maximum absolute atomic E-state index is 13.3. The zero-order chi connectivity index (χ0) is 20.6. The molecule has 1 saturated heterocycles.